The molecule has 0 aliphatic rings. The third kappa shape index (κ3) is 6.18. The van der Waals surface area contributed by atoms with Crippen molar-refractivity contribution in [2.45, 2.75) is 31.3 Å². The molecule has 3 aromatic carbocycles. The van der Waals surface area contributed by atoms with Crippen molar-refractivity contribution in [3.8, 4) is 0 Å². The molecule has 200 valence electrons. The third-order valence-electron chi connectivity index (χ3n) is 6.92. The number of carboxylic acids is 2. The standard InChI is InChI=1S/C30H31N5O4/c36-29(37)27(16-21-18-31-25-12-6-4-10-23(21)25)34-35(33-15-14-20-8-2-1-3-9-20)28(30(38)39)17-22-19-32-26-13-7-5-11-24(22)26/h1-13,18-19,27-28,31-34H,14-17H2,(H,36,37)(H,38,39)/t27-,28?/m0/s1. The van der Waals surface area contributed by atoms with E-state index in [4.69, 9.17) is 0 Å². The van der Waals surface area contributed by atoms with Gasteiger partial charge in [-0.3, -0.25) is 9.59 Å². The number of para-hydroxylation sites is 2. The number of rotatable bonds is 13. The molecule has 0 saturated carbocycles. The minimum absolute atomic E-state index is 0.157. The molecule has 0 bridgehead atoms. The summed E-state index contributed by atoms with van der Waals surface area (Å²) in [4.78, 5) is 31.4. The highest BCUT2D eigenvalue weighted by molar-refractivity contribution is 5.85. The lowest BCUT2D eigenvalue weighted by Gasteiger charge is -2.32. The van der Waals surface area contributed by atoms with Crippen molar-refractivity contribution in [1.82, 2.24) is 25.9 Å². The summed E-state index contributed by atoms with van der Waals surface area (Å²) in [6.45, 7) is 0.411. The predicted molar refractivity (Wildman–Crippen MR) is 150 cm³/mol. The second kappa shape index (κ2) is 12.0. The van der Waals surface area contributed by atoms with E-state index in [0.29, 0.717) is 13.0 Å². The molecule has 0 radical (unpaired) electrons. The lowest BCUT2D eigenvalue weighted by atomic mass is 10.0. The van der Waals surface area contributed by atoms with Crippen molar-refractivity contribution in [2.75, 3.05) is 6.54 Å². The van der Waals surface area contributed by atoms with E-state index < -0.39 is 24.0 Å². The molecule has 2 heterocycles. The van der Waals surface area contributed by atoms with Gasteiger partial charge in [-0.05, 0) is 35.2 Å². The molecule has 5 rings (SSSR count). The van der Waals surface area contributed by atoms with Crippen molar-refractivity contribution in [3.05, 3.63) is 108 Å². The largest absolute Gasteiger partial charge is 0.480 e. The van der Waals surface area contributed by atoms with E-state index in [-0.39, 0.29) is 12.8 Å². The molecule has 2 aromatic heterocycles. The smallest absolute Gasteiger partial charge is 0.324 e. The molecule has 6 N–H and O–H groups in total. The molecular weight excluding hydrogens is 494 g/mol. The van der Waals surface area contributed by atoms with Crippen molar-refractivity contribution in [3.63, 3.8) is 0 Å². The number of aliphatic carboxylic acids is 2. The van der Waals surface area contributed by atoms with Crippen LogP contribution in [0.2, 0.25) is 0 Å². The SMILES string of the molecule is O=C(O)C(Cc1c[nH]c2ccccc12)N(NCCc1ccccc1)N[C@@H](Cc1c[nH]c2ccccc12)C(=O)O. The summed E-state index contributed by atoms with van der Waals surface area (Å²) in [5, 5.41) is 23.7. The van der Waals surface area contributed by atoms with Gasteiger partial charge in [-0.15, -0.1) is 0 Å². The summed E-state index contributed by atoms with van der Waals surface area (Å²) in [6, 6.07) is 23.1. The van der Waals surface area contributed by atoms with E-state index in [1.807, 2.05) is 85.1 Å². The van der Waals surface area contributed by atoms with E-state index in [9.17, 15) is 19.8 Å². The zero-order chi connectivity index (χ0) is 27.2. The second-order valence-electron chi connectivity index (χ2n) is 9.51. The molecule has 0 fully saturated rings. The van der Waals surface area contributed by atoms with Crippen molar-refractivity contribution < 1.29 is 19.8 Å². The Labute approximate surface area is 225 Å². The van der Waals surface area contributed by atoms with E-state index >= 15 is 0 Å². The highest BCUT2D eigenvalue weighted by Gasteiger charge is 2.31. The van der Waals surface area contributed by atoms with E-state index in [2.05, 4.69) is 20.8 Å². The molecule has 39 heavy (non-hydrogen) atoms. The van der Waals surface area contributed by atoms with E-state index in [0.717, 1.165) is 38.5 Å². The summed E-state index contributed by atoms with van der Waals surface area (Å²) in [7, 11) is 0. The van der Waals surface area contributed by atoms with Crippen molar-refractivity contribution >= 4 is 33.7 Å². The van der Waals surface area contributed by atoms with Gasteiger partial charge < -0.3 is 20.2 Å². The Morgan fingerprint density at radius 2 is 1.31 bits per heavy atom. The van der Waals surface area contributed by atoms with Crippen LogP contribution in [0.4, 0.5) is 0 Å². The number of nitrogens with one attached hydrogen (secondary N) is 4. The molecule has 0 amide bonds. The van der Waals surface area contributed by atoms with Gasteiger partial charge in [0.15, 0.2) is 0 Å². The first-order valence-electron chi connectivity index (χ1n) is 12.9. The van der Waals surface area contributed by atoms with Crippen LogP contribution in [0.1, 0.15) is 16.7 Å². The molecule has 0 saturated heterocycles. The molecule has 0 aliphatic carbocycles. The average molecular weight is 526 g/mol. The van der Waals surface area contributed by atoms with Gasteiger partial charge in [0.1, 0.15) is 12.1 Å². The number of H-pyrrole nitrogens is 2. The number of carbonyl (C=O) groups is 2. The Hall–Kier alpha value is -4.44. The number of carboxylic acid groups (broad SMARTS) is 2. The Morgan fingerprint density at radius 1 is 0.744 bits per heavy atom. The fourth-order valence-electron chi connectivity index (χ4n) is 4.89. The summed E-state index contributed by atoms with van der Waals surface area (Å²) >= 11 is 0. The molecule has 5 aromatic rings. The van der Waals surface area contributed by atoms with E-state index in [1.54, 1.807) is 6.20 Å². The number of fused-ring (bicyclic) bond motifs is 2. The topological polar surface area (TPSA) is 133 Å². The summed E-state index contributed by atoms with van der Waals surface area (Å²) in [6.07, 6.45) is 4.57. The van der Waals surface area contributed by atoms with Gasteiger partial charge in [-0.25, -0.2) is 10.9 Å². The highest BCUT2D eigenvalue weighted by atomic mass is 16.4. The molecule has 2 atom stereocenters. The normalized spacial score (nSPS) is 13.2. The lowest BCUT2D eigenvalue weighted by Crippen LogP contribution is -2.62. The van der Waals surface area contributed by atoms with Gasteiger partial charge in [0, 0.05) is 53.6 Å². The zero-order valence-electron chi connectivity index (χ0n) is 21.3. The number of benzene rings is 3. The molecule has 9 heteroatoms. The van der Waals surface area contributed by atoms with E-state index in [1.165, 1.54) is 5.12 Å². The number of aromatic amines is 2. The minimum atomic E-state index is -1.08. The van der Waals surface area contributed by atoms with Crippen LogP contribution < -0.4 is 10.9 Å². The number of aromatic nitrogens is 2. The fourth-order valence-corrected chi connectivity index (χ4v) is 4.89. The highest BCUT2D eigenvalue weighted by Crippen LogP contribution is 2.22. The van der Waals surface area contributed by atoms with Crippen LogP contribution in [-0.2, 0) is 28.9 Å². The lowest BCUT2D eigenvalue weighted by molar-refractivity contribution is -0.151. The molecule has 9 nitrogen and oxygen atoms in total. The van der Waals surface area contributed by atoms with Crippen LogP contribution >= 0.6 is 0 Å². The van der Waals surface area contributed by atoms with Crippen LogP contribution in [0.15, 0.2) is 91.3 Å². The number of nitrogens with zero attached hydrogens (tertiary/aromatic N) is 1. The van der Waals surface area contributed by atoms with Crippen LogP contribution in [0.5, 0.6) is 0 Å². The van der Waals surface area contributed by atoms with Crippen LogP contribution in [0.3, 0.4) is 0 Å². The molecule has 0 aliphatic heterocycles. The van der Waals surface area contributed by atoms with Crippen LogP contribution in [0, 0.1) is 0 Å². The Balaban J connectivity index is 1.40. The maximum absolute atomic E-state index is 12.6. The maximum atomic E-state index is 12.6. The maximum Gasteiger partial charge on any atom is 0.324 e. The number of hydrogen-bond acceptors (Lipinski definition) is 5. The Bertz CT molecular complexity index is 1560. The quantitative estimate of drug-likeness (QED) is 0.128. The Kier molecular flexibility index (Phi) is 8.02. The second-order valence-corrected chi connectivity index (χ2v) is 9.51. The van der Waals surface area contributed by atoms with Gasteiger partial charge in [0.05, 0.1) is 0 Å². The third-order valence-corrected chi connectivity index (χ3v) is 6.92. The summed E-state index contributed by atoms with van der Waals surface area (Å²) in [5.41, 5.74) is 10.8. The monoisotopic (exact) mass is 525 g/mol. The van der Waals surface area contributed by atoms with Crippen molar-refractivity contribution in [2.24, 2.45) is 0 Å². The van der Waals surface area contributed by atoms with Gasteiger partial charge in [0.2, 0.25) is 0 Å². The predicted octanol–water partition coefficient (Wildman–Crippen LogP) is 3.89. The van der Waals surface area contributed by atoms with Gasteiger partial charge in [0.25, 0.3) is 0 Å². The average Bonchev–Trinajstić information content (AvgIpc) is 3.55. The Morgan fingerprint density at radius 3 is 1.90 bits per heavy atom. The minimum Gasteiger partial charge on any atom is -0.480 e. The fraction of sp³-hybridized carbons (Fsp3) is 0.200. The first-order valence-corrected chi connectivity index (χ1v) is 12.9. The van der Waals surface area contributed by atoms with Gasteiger partial charge >= 0.3 is 11.9 Å². The molecule has 0 spiro atoms. The first kappa shape index (κ1) is 26.2. The zero-order valence-corrected chi connectivity index (χ0v) is 21.3. The first-order chi connectivity index (χ1) is 19.0. The van der Waals surface area contributed by atoms with Gasteiger partial charge in [-0.2, -0.15) is 5.12 Å². The number of hydrogen-bond donors (Lipinski definition) is 6. The van der Waals surface area contributed by atoms with Crippen LogP contribution in [0.25, 0.3) is 21.8 Å². The molecule has 1 unspecified atom stereocenters. The van der Waals surface area contributed by atoms with Gasteiger partial charge in [-0.1, -0.05) is 66.7 Å². The number of hydrazine groups is 2. The summed E-state index contributed by atoms with van der Waals surface area (Å²) in [5.74, 6) is -2.15. The van der Waals surface area contributed by atoms with Crippen LogP contribution in [-0.4, -0.2) is 55.9 Å². The summed E-state index contributed by atoms with van der Waals surface area (Å²) < 4.78 is 0. The molecular formula is C30H31N5O4. The van der Waals surface area contributed by atoms with Crippen molar-refractivity contribution in [1.29, 1.82) is 0 Å².